The number of hydrogen-bond donors (Lipinski definition) is 1. The third-order valence-electron chi connectivity index (χ3n) is 6.31. The molecular formula is C22H32N6O3. The van der Waals surface area contributed by atoms with Crippen LogP contribution in [-0.4, -0.2) is 78.7 Å². The highest BCUT2D eigenvalue weighted by Crippen LogP contribution is 2.26. The maximum atomic E-state index is 12.3. The van der Waals surface area contributed by atoms with Gasteiger partial charge < -0.3 is 10.0 Å². The van der Waals surface area contributed by atoms with Crippen LogP contribution in [0, 0.1) is 19.8 Å². The van der Waals surface area contributed by atoms with E-state index >= 15 is 0 Å². The minimum absolute atomic E-state index is 0.0229. The Hall–Kier alpha value is -2.52. The van der Waals surface area contributed by atoms with Crippen LogP contribution in [0.4, 0.5) is 0 Å². The van der Waals surface area contributed by atoms with Crippen LogP contribution < -0.4 is 5.56 Å². The van der Waals surface area contributed by atoms with Crippen molar-refractivity contribution in [3.8, 4) is 5.82 Å². The number of β-amino-alcohol motifs (C(OH)–C–C–N with tert-alkyl or cyclic N) is 1. The Kier molecular flexibility index (Phi) is 5.98. The lowest BCUT2D eigenvalue weighted by Gasteiger charge is -2.44. The zero-order valence-corrected chi connectivity index (χ0v) is 18.6. The number of nitrogens with zero attached hydrogens (tertiary/aromatic N) is 6. The van der Waals surface area contributed by atoms with Gasteiger partial charge in [0.25, 0.3) is 5.56 Å². The first-order valence-corrected chi connectivity index (χ1v) is 11.0. The Morgan fingerprint density at radius 1 is 1.23 bits per heavy atom. The lowest BCUT2D eigenvalue weighted by molar-refractivity contribution is -0.133. The van der Waals surface area contributed by atoms with Crippen molar-refractivity contribution in [3.63, 3.8) is 0 Å². The van der Waals surface area contributed by atoms with E-state index < -0.39 is 5.60 Å². The predicted molar refractivity (Wildman–Crippen MR) is 116 cm³/mol. The van der Waals surface area contributed by atoms with E-state index in [0.717, 1.165) is 43.9 Å². The Balaban J connectivity index is 1.37. The molecule has 1 N–H and O–H groups in total. The van der Waals surface area contributed by atoms with Gasteiger partial charge in [-0.2, -0.15) is 5.10 Å². The Morgan fingerprint density at radius 2 is 2.00 bits per heavy atom. The summed E-state index contributed by atoms with van der Waals surface area (Å²) in [7, 11) is 0. The minimum Gasteiger partial charge on any atom is -0.387 e. The summed E-state index contributed by atoms with van der Waals surface area (Å²) < 4.78 is 3.27. The van der Waals surface area contributed by atoms with Crippen molar-refractivity contribution < 1.29 is 9.90 Å². The lowest BCUT2D eigenvalue weighted by atomic mass is 9.92. The number of likely N-dealkylation sites (tertiary alicyclic amines) is 2. The number of hydrogen-bond acceptors (Lipinski definition) is 6. The molecule has 0 spiro atoms. The molecule has 2 aromatic rings. The van der Waals surface area contributed by atoms with Gasteiger partial charge in [-0.1, -0.05) is 0 Å². The summed E-state index contributed by atoms with van der Waals surface area (Å²) in [5.74, 6) is 0.965. The van der Waals surface area contributed by atoms with Crippen LogP contribution in [0.2, 0.25) is 0 Å². The largest absolute Gasteiger partial charge is 0.387 e. The minimum atomic E-state index is -0.863. The summed E-state index contributed by atoms with van der Waals surface area (Å²) in [5.41, 5.74) is 0.897. The van der Waals surface area contributed by atoms with Crippen LogP contribution in [0.3, 0.4) is 0 Å². The number of aromatic nitrogens is 4. The molecule has 0 saturated carbocycles. The molecule has 2 saturated heterocycles. The van der Waals surface area contributed by atoms with Crippen molar-refractivity contribution >= 4 is 5.91 Å². The molecule has 2 aliphatic rings. The van der Waals surface area contributed by atoms with Crippen LogP contribution in [-0.2, 0) is 11.3 Å². The van der Waals surface area contributed by atoms with Gasteiger partial charge in [-0.05, 0) is 45.2 Å². The quantitative estimate of drug-likeness (QED) is 0.755. The molecule has 0 radical (unpaired) electrons. The molecule has 4 rings (SSSR count). The molecule has 0 aromatic carbocycles. The Bertz CT molecular complexity index is 1010. The van der Waals surface area contributed by atoms with Crippen molar-refractivity contribution in [1.82, 2.24) is 29.4 Å². The highest BCUT2D eigenvalue weighted by atomic mass is 16.3. The number of amides is 1. The van der Waals surface area contributed by atoms with Gasteiger partial charge in [-0.25, -0.2) is 9.36 Å². The zero-order valence-electron chi connectivity index (χ0n) is 18.6. The smallest absolute Gasteiger partial charge is 0.266 e. The maximum Gasteiger partial charge on any atom is 0.266 e. The number of aryl methyl sites for hydroxylation is 2. The topological polar surface area (TPSA) is 96.5 Å². The predicted octanol–water partition coefficient (Wildman–Crippen LogP) is 0.741. The van der Waals surface area contributed by atoms with E-state index in [1.807, 2.05) is 19.9 Å². The molecule has 9 heteroatoms. The molecule has 31 heavy (non-hydrogen) atoms. The summed E-state index contributed by atoms with van der Waals surface area (Å²) >= 11 is 0. The fraction of sp³-hybridized carbons (Fsp3) is 0.636. The van der Waals surface area contributed by atoms with Gasteiger partial charge >= 0.3 is 0 Å². The number of aliphatic hydroxyl groups is 1. The van der Waals surface area contributed by atoms with Gasteiger partial charge in [0.1, 0.15) is 0 Å². The van der Waals surface area contributed by atoms with Gasteiger partial charge in [-0.3, -0.25) is 14.5 Å². The summed E-state index contributed by atoms with van der Waals surface area (Å²) in [6.45, 7) is 9.29. The van der Waals surface area contributed by atoms with Crippen LogP contribution in [0.5, 0.6) is 0 Å². The molecule has 2 aliphatic heterocycles. The monoisotopic (exact) mass is 428 g/mol. The number of carbonyl (C=O) groups is 1. The van der Waals surface area contributed by atoms with Crippen molar-refractivity contribution in [2.24, 2.45) is 5.92 Å². The van der Waals surface area contributed by atoms with E-state index in [0.29, 0.717) is 37.8 Å². The summed E-state index contributed by atoms with van der Waals surface area (Å²) in [6.07, 6.45) is 2.57. The van der Waals surface area contributed by atoms with Gasteiger partial charge in [0.2, 0.25) is 5.91 Å². The zero-order chi connectivity index (χ0) is 22.2. The van der Waals surface area contributed by atoms with Crippen LogP contribution >= 0.6 is 0 Å². The first kappa shape index (κ1) is 21.7. The average Bonchev–Trinajstić information content (AvgIpc) is 2.89. The molecule has 2 fully saturated rings. The van der Waals surface area contributed by atoms with E-state index in [2.05, 4.69) is 15.1 Å². The molecular weight excluding hydrogens is 396 g/mol. The van der Waals surface area contributed by atoms with E-state index in [4.69, 9.17) is 0 Å². The normalized spacial score (nSPS) is 22.9. The number of rotatable bonds is 5. The first-order valence-electron chi connectivity index (χ1n) is 11.0. The molecule has 0 aliphatic carbocycles. The molecule has 4 heterocycles. The van der Waals surface area contributed by atoms with E-state index in [9.17, 15) is 14.7 Å². The van der Waals surface area contributed by atoms with E-state index in [1.54, 1.807) is 28.6 Å². The second kappa shape index (κ2) is 8.55. The maximum absolute atomic E-state index is 12.3. The standard InChI is InChI=1S/C22H32N6O3/c1-16-10-17(2)28(23-16)20-6-7-21(30)27(24-20)13-19-11-25(12-19)14-22(31)8-4-5-9-26(15-22)18(3)29/h6-7,10,19,31H,4-5,8-9,11-15H2,1-3H3. The fourth-order valence-electron chi connectivity index (χ4n) is 4.79. The molecule has 1 amide bonds. The number of carbonyl (C=O) groups excluding carboxylic acids is 1. The van der Waals surface area contributed by atoms with Crippen molar-refractivity contribution in [3.05, 3.63) is 39.9 Å². The second-order valence-electron chi connectivity index (χ2n) is 9.23. The van der Waals surface area contributed by atoms with Crippen LogP contribution in [0.1, 0.15) is 37.6 Å². The summed E-state index contributed by atoms with van der Waals surface area (Å²) in [5, 5.41) is 20.1. The molecule has 0 bridgehead atoms. The lowest BCUT2D eigenvalue weighted by Crippen LogP contribution is -2.58. The van der Waals surface area contributed by atoms with Gasteiger partial charge in [0.15, 0.2) is 5.82 Å². The van der Waals surface area contributed by atoms with Gasteiger partial charge in [0, 0.05) is 50.8 Å². The van der Waals surface area contributed by atoms with Crippen LogP contribution in [0.15, 0.2) is 23.0 Å². The van der Waals surface area contributed by atoms with Crippen LogP contribution in [0.25, 0.3) is 5.82 Å². The van der Waals surface area contributed by atoms with Gasteiger partial charge in [-0.15, -0.1) is 5.10 Å². The van der Waals surface area contributed by atoms with E-state index in [-0.39, 0.29) is 11.5 Å². The molecule has 2 aromatic heterocycles. The first-order chi connectivity index (χ1) is 14.7. The Morgan fingerprint density at radius 3 is 2.68 bits per heavy atom. The van der Waals surface area contributed by atoms with Crippen molar-refractivity contribution in [2.75, 3.05) is 32.7 Å². The fourth-order valence-corrected chi connectivity index (χ4v) is 4.79. The van der Waals surface area contributed by atoms with Crippen molar-refractivity contribution in [1.29, 1.82) is 0 Å². The molecule has 1 atom stereocenters. The van der Waals surface area contributed by atoms with Crippen molar-refractivity contribution in [2.45, 2.75) is 52.2 Å². The average molecular weight is 429 g/mol. The highest BCUT2D eigenvalue weighted by molar-refractivity contribution is 5.73. The van der Waals surface area contributed by atoms with E-state index in [1.165, 1.54) is 4.68 Å². The summed E-state index contributed by atoms with van der Waals surface area (Å²) in [4.78, 5) is 28.1. The highest BCUT2D eigenvalue weighted by Gasteiger charge is 2.38. The third-order valence-corrected chi connectivity index (χ3v) is 6.31. The second-order valence-corrected chi connectivity index (χ2v) is 9.23. The molecule has 1 unspecified atom stereocenters. The summed E-state index contributed by atoms with van der Waals surface area (Å²) in [6, 6.07) is 5.22. The molecule has 168 valence electrons. The Labute approximate surface area is 182 Å². The third kappa shape index (κ3) is 4.88. The SMILES string of the molecule is CC(=O)N1CCCCC(O)(CN2CC(Cn3nc(-n4nc(C)cc4C)ccc3=O)C2)C1. The van der Waals surface area contributed by atoms with Gasteiger partial charge in [0.05, 0.1) is 24.4 Å². The molecule has 9 nitrogen and oxygen atoms in total.